The lowest BCUT2D eigenvalue weighted by Gasteiger charge is -2.15. The molecule has 0 saturated carbocycles. The molecule has 162 valence electrons. The average molecular weight is 432 g/mol. The summed E-state index contributed by atoms with van der Waals surface area (Å²) in [6.45, 7) is 10.6. The van der Waals surface area contributed by atoms with Crippen LogP contribution in [0, 0.1) is 13.8 Å². The van der Waals surface area contributed by atoms with E-state index in [1.165, 1.54) is 0 Å². The van der Waals surface area contributed by atoms with Gasteiger partial charge in [0, 0.05) is 28.5 Å². The van der Waals surface area contributed by atoms with Gasteiger partial charge in [-0.05, 0) is 89.1 Å². The van der Waals surface area contributed by atoms with E-state index in [0.717, 1.165) is 11.1 Å². The van der Waals surface area contributed by atoms with E-state index in [2.05, 4.69) is 15.4 Å². The second-order valence-electron chi connectivity index (χ2n) is 7.84. The first-order valence-corrected chi connectivity index (χ1v) is 11.3. The van der Waals surface area contributed by atoms with Crippen LogP contribution in [0.25, 0.3) is 0 Å². The fourth-order valence-corrected chi connectivity index (χ4v) is 3.50. The number of rotatable bonds is 7. The summed E-state index contributed by atoms with van der Waals surface area (Å²) in [5, 5.41) is 5.17. The van der Waals surface area contributed by atoms with Crippen molar-refractivity contribution in [2.45, 2.75) is 52.8 Å². The van der Waals surface area contributed by atoms with Crippen molar-refractivity contribution in [3.63, 3.8) is 0 Å². The maximum Gasteiger partial charge on any atom is 0.255 e. The maximum absolute atomic E-state index is 12.7. The number of aryl methyl sites for hydroxylation is 2. The van der Waals surface area contributed by atoms with Crippen LogP contribution in [-0.4, -0.2) is 31.5 Å². The van der Waals surface area contributed by atoms with Gasteiger partial charge in [0.1, 0.15) is 0 Å². The predicted octanol–water partition coefficient (Wildman–Crippen LogP) is 3.84. The SMILES string of the molecule is Cc1cc(C(=O)NC(C)C)cc(C)c1NC(=O)c1ccc(NS(=O)(=O)C(C)C)cc1. The molecule has 0 atom stereocenters. The Labute approximate surface area is 178 Å². The number of hydrogen-bond donors (Lipinski definition) is 3. The van der Waals surface area contributed by atoms with Crippen molar-refractivity contribution in [1.29, 1.82) is 0 Å². The molecule has 0 aromatic heterocycles. The van der Waals surface area contributed by atoms with Crippen molar-refractivity contribution in [2.75, 3.05) is 10.0 Å². The van der Waals surface area contributed by atoms with E-state index in [1.807, 2.05) is 27.7 Å². The van der Waals surface area contributed by atoms with E-state index < -0.39 is 15.3 Å². The Morgan fingerprint density at radius 1 is 0.833 bits per heavy atom. The quantitative estimate of drug-likeness (QED) is 0.619. The standard InChI is InChI=1S/C22H29N3O4S/c1-13(2)23-22(27)18-11-15(5)20(16(6)12-18)24-21(26)17-7-9-19(10-8-17)25-30(28,29)14(3)4/h7-14,25H,1-6H3,(H,23,27)(H,24,26). The number of sulfonamides is 1. The summed E-state index contributed by atoms with van der Waals surface area (Å²) in [6, 6.07) is 9.73. The number of benzene rings is 2. The van der Waals surface area contributed by atoms with Crippen LogP contribution in [-0.2, 0) is 10.0 Å². The highest BCUT2D eigenvalue weighted by molar-refractivity contribution is 7.93. The fourth-order valence-electron chi connectivity index (χ4n) is 2.79. The van der Waals surface area contributed by atoms with Gasteiger partial charge < -0.3 is 10.6 Å². The molecule has 7 nitrogen and oxygen atoms in total. The molecule has 0 bridgehead atoms. The second-order valence-corrected chi connectivity index (χ2v) is 10.1. The zero-order chi connectivity index (χ0) is 22.6. The Balaban J connectivity index is 2.17. The number of amides is 2. The van der Waals surface area contributed by atoms with Gasteiger partial charge in [-0.2, -0.15) is 0 Å². The minimum Gasteiger partial charge on any atom is -0.350 e. The lowest BCUT2D eigenvalue weighted by Crippen LogP contribution is -2.30. The topological polar surface area (TPSA) is 104 Å². The highest BCUT2D eigenvalue weighted by Crippen LogP contribution is 2.23. The lowest BCUT2D eigenvalue weighted by atomic mass is 10.0. The average Bonchev–Trinajstić information content (AvgIpc) is 2.64. The van der Waals surface area contributed by atoms with Gasteiger partial charge in [0.25, 0.3) is 11.8 Å². The Morgan fingerprint density at radius 3 is 1.83 bits per heavy atom. The van der Waals surface area contributed by atoms with Crippen molar-refractivity contribution in [3.8, 4) is 0 Å². The van der Waals surface area contributed by atoms with Gasteiger partial charge in [0.05, 0.1) is 5.25 Å². The normalized spacial score (nSPS) is 11.5. The monoisotopic (exact) mass is 431 g/mol. The highest BCUT2D eigenvalue weighted by Gasteiger charge is 2.17. The van der Waals surface area contributed by atoms with E-state index in [-0.39, 0.29) is 17.9 Å². The van der Waals surface area contributed by atoms with E-state index in [0.29, 0.717) is 22.5 Å². The predicted molar refractivity (Wildman–Crippen MR) is 121 cm³/mol. The van der Waals surface area contributed by atoms with E-state index in [9.17, 15) is 18.0 Å². The largest absolute Gasteiger partial charge is 0.350 e. The minimum absolute atomic E-state index is 0.0329. The number of carbonyl (C=O) groups is 2. The van der Waals surface area contributed by atoms with Crippen molar-refractivity contribution in [2.24, 2.45) is 0 Å². The lowest BCUT2D eigenvalue weighted by molar-refractivity contribution is 0.0942. The van der Waals surface area contributed by atoms with Crippen LogP contribution in [0.1, 0.15) is 59.5 Å². The summed E-state index contributed by atoms with van der Waals surface area (Å²) >= 11 is 0. The molecule has 0 aliphatic heterocycles. The van der Waals surface area contributed by atoms with E-state index in [4.69, 9.17) is 0 Å². The third-order valence-electron chi connectivity index (χ3n) is 4.48. The molecule has 2 amide bonds. The van der Waals surface area contributed by atoms with Crippen molar-refractivity contribution < 1.29 is 18.0 Å². The molecular weight excluding hydrogens is 402 g/mol. The first kappa shape index (κ1) is 23.4. The summed E-state index contributed by atoms with van der Waals surface area (Å²) in [5.41, 5.74) is 3.53. The number of anilines is 2. The molecule has 2 aromatic carbocycles. The first-order chi connectivity index (χ1) is 13.9. The van der Waals surface area contributed by atoms with Crippen LogP contribution < -0.4 is 15.4 Å². The summed E-state index contributed by atoms with van der Waals surface area (Å²) in [6.07, 6.45) is 0. The van der Waals surface area contributed by atoms with Crippen molar-refractivity contribution in [1.82, 2.24) is 5.32 Å². The van der Waals surface area contributed by atoms with Crippen molar-refractivity contribution >= 4 is 33.2 Å². The van der Waals surface area contributed by atoms with Gasteiger partial charge in [0.2, 0.25) is 10.0 Å². The minimum atomic E-state index is -3.45. The van der Waals surface area contributed by atoms with Gasteiger partial charge in [-0.15, -0.1) is 0 Å². The summed E-state index contributed by atoms with van der Waals surface area (Å²) in [5.74, 6) is -0.479. The zero-order valence-corrected chi connectivity index (χ0v) is 19.0. The van der Waals surface area contributed by atoms with Crippen LogP contribution in [0.15, 0.2) is 36.4 Å². The molecule has 3 N–H and O–H groups in total. The first-order valence-electron chi connectivity index (χ1n) is 9.76. The molecular formula is C22H29N3O4S. The van der Waals surface area contributed by atoms with Crippen LogP contribution in [0.3, 0.4) is 0 Å². The van der Waals surface area contributed by atoms with E-state index >= 15 is 0 Å². The molecule has 0 aliphatic carbocycles. The van der Waals surface area contributed by atoms with Gasteiger partial charge in [0.15, 0.2) is 0 Å². The Morgan fingerprint density at radius 2 is 1.37 bits per heavy atom. The van der Waals surface area contributed by atoms with Gasteiger partial charge in [-0.25, -0.2) is 8.42 Å². The van der Waals surface area contributed by atoms with Crippen LogP contribution in [0.4, 0.5) is 11.4 Å². The molecule has 0 saturated heterocycles. The molecule has 0 heterocycles. The molecule has 0 aliphatic rings. The summed E-state index contributed by atoms with van der Waals surface area (Å²) < 4.78 is 26.4. The van der Waals surface area contributed by atoms with Crippen LogP contribution in [0.2, 0.25) is 0 Å². The molecule has 0 spiro atoms. The molecule has 30 heavy (non-hydrogen) atoms. The zero-order valence-electron chi connectivity index (χ0n) is 18.2. The highest BCUT2D eigenvalue weighted by atomic mass is 32.2. The van der Waals surface area contributed by atoms with Gasteiger partial charge >= 0.3 is 0 Å². The van der Waals surface area contributed by atoms with Crippen molar-refractivity contribution in [3.05, 3.63) is 58.7 Å². The fraction of sp³-hybridized carbons (Fsp3) is 0.364. The number of carbonyl (C=O) groups excluding carboxylic acids is 2. The van der Waals surface area contributed by atoms with E-state index in [1.54, 1.807) is 50.2 Å². The Kier molecular flexibility index (Phi) is 7.25. The molecule has 0 fully saturated rings. The maximum atomic E-state index is 12.7. The van der Waals surface area contributed by atoms with Gasteiger partial charge in [-0.1, -0.05) is 0 Å². The molecule has 0 unspecified atom stereocenters. The smallest absolute Gasteiger partial charge is 0.255 e. The third-order valence-corrected chi connectivity index (χ3v) is 6.24. The third kappa shape index (κ3) is 5.82. The molecule has 2 aromatic rings. The number of nitrogens with one attached hydrogen (secondary N) is 3. The number of hydrogen-bond acceptors (Lipinski definition) is 4. The van der Waals surface area contributed by atoms with Crippen LogP contribution >= 0.6 is 0 Å². The summed E-state index contributed by atoms with van der Waals surface area (Å²) in [4.78, 5) is 24.9. The second kappa shape index (κ2) is 9.30. The Bertz CT molecular complexity index is 1020. The molecule has 0 radical (unpaired) electrons. The molecule has 8 heteroatoms. The van der Waals surface area contributed by atoms with Crippen LogP contribution in [0.5, 0.6) is 0 Å². The van der Waals surface area contributed by atoms with Gasteiger partial charge in [-0.3, -0.25) is 14.3 Å². The summed E-state index contributed by atoms with van der Waals surface area (Å²) in [7, 11) is -3.45. The molecule has 2 rings (SSSR count). The Hall–Kier alpha value is -2.87.